The maximum atomic E-state index is 13.7. The fourth-order valence-corrected chi connectivity index (χ4v) is 6.72. The van der Waals surface area contributed by atoms with E-state index in [1.54, 1.807) is 14.2 Å². The first-order valence-corrected chi connectivity index (χ1v) is 15.2. The second-order valence-electron chi connectivity index (χ2n) is 9.36. The maximum Gasteiger partial charge on any atom is 0.278 e. The molecule has 0 bridgehead atoms. The Balaban J connectivity index is 1.36. The lowest BCUT2D eigenvalue weighted by Gasteiger charge is -2.14. The Hall–Kier alpha value is -3.26. The third-order valence-corrected chi connectivity index (χ3v) is 9.04. The first-order chi connectivity index (χ1) is 19.9. The molecule has 216 valence electrons. The number of hydrogen-bond donors (Lipinski definition) is 1. The number of thiazole rings is 1. The molecule has 4 aromatic rings. The van der Waals surface area contributed by atoms with Crippen molar-refractivity contribution in [1.82, 2.24) is 19.4 Å². The molecule has 0 spiro atoms. The Morgan fingerprint density at radius 3 is 2.71 bits per heavy atom. The van der Waals surface area contributed by atoms with Crippen LogP contribution in [0.4, 0.5) is 4.39 Å². The number of ether oxygens (including phenoxy) is 3. The molecule has 1 saturated heterocycles. The second-order valence-corrected chi connectivity index (χ2v) is 11.9. The Bertz CT molecular complexity index is 1660. The van der Waals surface area contributed by atoms with E-state index in [0.717, 1.165) is 30.2 Å². The molecule has 1 aliphatic heterocycles. The molecule has 9 nitrogen and oxygen atoms in total. The van der Waals surface area contributed by atoms with Crippen LogP contribution < -0.4 is 20.3 Å². The summed E-state index contributed by atoms with van der Waals surface area (Å²) in [5, 5.41) is 3.23. The van der Waals surface area contributed by atoms with Crippen molar-refractivity contribution in [3.63, 3.8) is 0 Å². The molecule has 2 aromatic carbocycles. The number of halogens is 1. The first kappa shape index (κ1) is 29.2. The summed E-state index contributed by atoms with van der Waals surface area (Å²) in [6.45, 7) is 1.62. The summed E-state index contributed by atoms with van der Waals surface area (Å²) in [4.78, 5) is 31.3. The molecule has 1 amide bonds. The van der Waals surface area contributed by atoms with Gasteiger partial charge >= 0.3 is 0 Å². The molecule has 41 heavy (non-hydrogen) atoms. The minimum atomic E-state index is -0.419. The van der Waals surface area contributed by atoms with Gasteiger partial charge in [0.1, 0.15) is 10.5 Å². The smallest absolute Gasteiger partial charge is 0.278 e. The highest BCUT2D eigenvalue weighted by molar-refractivity contribution is 7.99. The van der Waals surface area contributed by atoms with Crippen molar-refractivity contribution in [3.8, 4) is 17.2 Å². The van der Waals surface area contributed by atoms with Gasteiger partial charge in [0.05, 0.1) is 38.3 Å². The largest absolute Gasteiger partial charge is 0.493 e. The Morgan fingerprint density at radius 1 is 1.22 bits per heavy atom. The van der Waals surface area contributed by atoms with Crippen LogP contribution in [0, 0.1) is 9.77 Å². The van der Waals surface area contributed by atoms with E-state index in [9.17, 15) is 14.0 Å². The molecule has 5 rings (SSSR count). The van der Waals surface area contributed by atoms with E-state index in [-0.39, 0.29) is 23.3 Å². The summed E-state index contributed by atoms with van der Waals surface area (Å²) in [5.74, 6) is 0.662. The van der Waals surface area contributed by atoms with E-state index in [0.29, 0.717) is 62.8 Å². The molecule has 1 N–H and O–H groups in total. The van der Waals surface area contributed by atoms with Gasteiger partial charge in [0.15, 0.2) is 26.3 Å². The van der Waals surface area contributed by atoms with E-state index in [1.165, 1.54) is 40.2 Å². The Morgan fingerprint density at radius 2 is 2.00 bits per heavy atom. The molecule has 0 aliphatic carbocycles. The van der Waals surface area contributed by atoms with E-state index in [1.807, 2.05) is 22.8 Å². The van der Waals surface area contributed by atoms with Gasteiger partial charge < -0.3 is 24.1 Å². The summed E-state index contributed by atoms with van der Waals surface area (Å²) < 4.78 is 34.3. The van der Waals surface area contributed by atoms with Gasteiger partial charge in [0.25, 0.3) is 5.56 Å². The molecule has 2 aromatic heterocycles. The molecule has 1 fully saturated rings. The van der Waals surface area contributed by atoms with Crippen LogP contribution in [0.3, 0.4) is 0 Å². The number of benzene rings is 2. The lowest BCUT2D eigenvalue weighted by atomic mass is 10.1. The number of amides is 1. The van der Waals surface area contributed by atoms with Gasteiger partial charge in [-0.15, -0.1) is 0 Å². The predicted octanol–water partition coefficient (Wildman–Crippen LogP) is 4.76. The van der Waals surface area contributed by atoms with Gasteiger partial charge in [0.2, 0.25) is 5.91 Å². The SMILES string of the molecule is COc1ccc(CCNC(=O)CSc2nc3c(sc(=S)n3C[C@@H]3CCCO3)c(=O)n2-c2ccc(F)cc2)cc1OC. The van der Waals surface area contributed by atoms with Crippen LogP contribution in [0.15, 0.2) is 52.4 Å². The van der Waals surface area contributed by atoms with Gasteiger partial charge in [-0.2, -0.15) is 0 Å². The van der Waals surface area contributed by atoms with Gasteiger partial charge in [0, 0.05) is 13.2 Å². The van der Waals surface area contributed by atoms with Crippen molar-refractivity contribution in [2.45, 2.75) is 37.1 Å². The van der Waals surface area contributed by atoms with Crippen LogP contribution in [0.25, 0.3) is 16.0 Å². The molecular weight excluding hydrogens is 588 g/mol. The number of carbonyl (C=O) groups excluding carboxylic acids is 1. The van der Waals surface area contributed by atoms with Crippen molar-refractivity contribution >= 4 is 51.6 Å². The number of hydrogen-bond acceptors (Lipinski definition) is 9. The summed E-state index contributed by atoms with van der Waals surface area (Å²) >= 11 is 7.93. The van der Waals surface area contributed by atoms with Crippen LogP contribution in [0.5, 0.6) is 11.5 Å². The standard InChI is InChI=1S/C28H29FN4O5S3/c1-36-21-10-5-17(14-22(21)37-2)11-12-30-23(34)16-40-27-31-25-24(26(35)33(27)19-8-6-18(29)7-9-19)41-28(39)32(25)15-20-4-3-13-38-20/h5-10,14,20H,3-4,11-13,15-16H2,1-2H3,(H,30,34)/t20-/m0/s1. The predicted molar refractivity (Wildman–Crippen MR) is 160 cm³/mol. The van der Waals surface area contributed by atoms with Crippen LogP contribution in [-0.4, -0.2) is 59.3 Å². The van der Waals surface area contributed by atoms with Crippen LogP contribution in [-0.2, 0) is 22.5 Å². The van der Waals surface area contributed by atoms with Gasteiger partial charge in [-0.1, -0.05) is 29.2 Å². The quantitative estimate of drug-likeness (QED) is 0.146. The topological polar surface area (TPSA) is 96.6 Å². The number of aromatic nitrogens is 3. The minimum Gasteiger partial charge on any atom is -0.493 e. The molecule has 0 radical (unpaired) electrons. The number of methoxy groups -OCH3 is 2. The number of fused-ring (bicyclic) bond motifs is 1. The van der Waals surface area contributed by atoms with E-state index in [2.05, 4.69) is 5.32 Å². The minimum absolute atomic E-state index is 0.00776. The highest BCUT2D eigenvalue weighted by Gasteiger charge is 2.22. The highest BCUT2D eigenvalue weighted by Crippen LogP contribution is 2.28. The first-order valence-electron chi connectivity index (χ1n) is 13.0. The fraction of sp³-hybridized carbons (Fsp3) is 0.357. The number of rotatable bonds is 11. The molecule has 3 heterocycles. The van der Waals surface area contributed by atoms with Crippen molar-refractivity contribution < 1.29 is 23.4 Å². The van der Waals surface area contributed by atoms with E-state index < -0.39 is 5.82 Å². The van der Waals surface area contributed by atoms with E-state index in [4.69, 9.17) is 31.4 Å². The molecule has 1 aliphatic rings. The summed E-state index contributed by atoms with van der Waals surface area (Å²) in [5.41, 5.74) is 1.59. The van der Waals surface area contributed by atoms with E-state index >= 15 is 0 Å². The third-order valence-electron chi connectivity index (χ3n) is 6.67. The lowest BCUT2D eigenvalue weighted by molar-refractivity contribution is -0.118. The normalized spacial score (nSPS) is 14.9. The molecule has 13 heteroatoms. The average Bonchev–Trinajstić information content (AvgIpc) is 3.61. The third kappa shape index (κ3) is 6.64. The lowest BCUT2D eigenvalue weighted by Crippen LogP contribution is -2.28. The fourth-order valence-electron chi connectivity index (χ4n) is 4.61. The number of nitrogens with zero attached hydrogens (tertiary/aromatic N) is 3. The van der Waals surface area contributed by atoms with Gasteiger partial charge in [-0.05, 0) is 73.4 Å². The maximum absolute atomic E-state index is 13.7. The number of carbonyl (C=O) groups is 1. The van der Waals surface area contributed by atoms with Gasteiger partial charge in [-0.3, -0.25) is 14.2 Å². The van der Waals surface area contributed by atoms with Crippen LogP contribution >= 0.6 is 35.3 Å². The van der Waals surface area contributed by atoms with Crippen molar-refractivity contribution in [2.75, 3.05) is 33.1 Å². The van der Waals surface area contributed by atoms with Gasteiger partial charge in [-0.25, -0.2) is 9.37 Å². The van der Waals surface area contributed by atoms with Crippen molar-refractivity contribution in [3.05, 3.63) is 68.2 Å². The zero-order valence-electron chi connectivity index (χ0n) is 22.6. The van der Waals surface area contributed by atoms with Crippen LogP contribution in [0.1, 0.15) is 18.4 Å². The zero-order valence-corrected chi connectivity index (χ0v) is 25.0. The molecule has 0 unspecified atom stereocenters. The summed E-state index contributed by atoms with van der Waals surface area (Å²) in [6.07, 6.45) is 2.50. The van der Waals surface area contributed by atoms with Crippen molar-refractivity contribution in [1.29, 1.82) is 0 Å². The molecule has 1 atom stereocenters. The molecular formula is C28H29FN4O5S3. The number of thioether (sulfide) groups is 1. The Labute approximate surface area is 249 Å². The summed E-state index contributed by atoms with van der Waals surface area (Å²) in [7, 11) is 3.16. The monoisotopic (exact) mass is 616 g/mol. The molecule has 0 saturated carbocycles. The highest BCUT2D eigenvalue weighted by atomic mass is 32.2. The van der Waals surface area contributed by atoms with Crippen LogP contribution in [0.2, 0.25) is 0 Å². The summed E-state index contributed by atoms with van der Waals surface area (Å²) in [6, 6.07) is 11.2. The average molecular weight is 617 g/mol. The second kappa shape index (κ2) is 13.1. The van der Waals surface area contributed by atoms with Crippen molar-refractivity contribution in [2.24, 2.45) is 0 Å². The Kier molecular flexibility index (Phi) is 9.38. The number of nitrogens with one attached hydrogen (secondary N) is 1. The zero-order chi connectivity index (χ0) is 28.9.